The van der Waals surface area contributed by atoms with Gasteiger partial charge in [-0.1, -0.05) is 31.5 Å². The van der Waals surface area contributed by atoms with E-state index in [4.69, 9.17) is 11.6 Å². The van der Waals surface area contributed by atoms with Gasteiger partial charge in [0.05, 0.1) is 5.92 Å². The van der Waals surface area contributed by atoms with Crippen LogP contribution < -0.4 is 10.6 Å². The molecule has 7 heteroatoms. The summed E-state index contributed by atoms with van der Waals surface area (Å²) in [7, 11) is 0. The third kappa shape index (κ3) is 3.72. The Balaban J connectivity index is 1.38. The van der Waals surface area contributed by atoms with Crippen LogP contribution in [-0.4, -0.2) is 60.0 Å². The second kappa shape index (κ2) is 7.56. The first-order chi connectivity index (χ1) is 13.4. The van der Waals surface area contributed by atoms with Crippen molar-refractivity contribution in [3.8, 4) is 0 Å². The van der Waals surface area contributed by atoms with Crippen LogP contribution in [0.1, 0.15) is 26.7 Å². The molecule has 1 spiro atoms. The molecule has 2 atom stereocenters. The monoisotopic (exact) mass is 404 g/mol. The summed E-state index contributed by atoms with van der Waals surface area (Å²) in [5, 5.41) is 6.84. The van der Waals surface area contributed by atoms with Gasteiger partial charge in [0.2, 0.25) is 5.91 Å². The molecule has 6 nitrogen and oxygen atoms in total. The molecular formula is C21H29ClN4O2. The number of urea groups is 1. The predicted molar refractivity (Wildman–Crippen MR) is 110 cm³/mol. The van der Waals surface area contributed by atoms with Gasteiger partial charge in [0.25, 0.3) is 0 Å². The second-order valence-corrected chi connectivity index (χ2v) is 9.33. The van der Waals surface area contributed by atoms with E-state index in [1.807, 2.05) is 17.0 Å². The minimum Gasteiger partial charge on any atom is -0.350 e. The van der Waals surface area contributed by atoms with Crippen LogP contribution in [0.15, 0.2) is 24.3 Å². The third-order valence-corrected chi connectivity index (χ3v) is 6.69. The average molecular weight is 405 g/mol. The van der Waals surface area contributed by atoms with Crippen molar-refractivity contribution < 1.29 is 9.59 Å². The summed E-state index contributed by atoms with van der Waals surface area (Å²) in [4.78, 5) is 29.5. The van der Waals surface area contributed by atoms with Crippen molar-refractivity contribution in [2.24, 2.45) is 17.8 Å². The molecule has 3 aliphatic heterocycles. The lowest BCUT2D eigenvalue weighted by Gasteiger charge is -2.42. The molecule has 152 valence electrons. The van der Waals surface area contributed by atoms with Crippen LogP contribution in [-0.2, 0) is 4.79 Å². The molecule has 2 N–H and O–H groups in total. The lowest BCUT2D eigenvalue weighted by Crippen LogP contribution is -2.56. The van der Waals surface area contributed by atoms with E-state index in [1.165, 1.54) is 0 Å². The lowest BCUT2D eigenvalue weighted by molar-refractivity contribution is -0.123. The van der Waals surface area contributed by atoms with Gasteiger partial charge < -0.3 is 20.4 Å². The van der Waals surface area contributed by atoms with Gasteiger partial charge in [-0.2, -0.15) is 0 Å². The number of hydrogen-bond donors (Lipinski definition) is 2. The number of benzene rings is 1. The molecule has 0 unspecified atom stereocenters. The normalized spacial score (nSPS) is 26.6. The number of carbonyl (C=O) groups is 2. The Morgan fingerprint density at radius 2 is 2.07 bits per heavy atom. The van der Waals surface area contributed by atoms with Crippen LogP contribution in [0.25, 0.3) is 0 Å². The van der Waals surface area contributed by atoms with Crippen molar-refractivity contribution in [3.05, 3.63) is 29.3 Å². The number of nitrogens with one attached hydrogen (secondary N) is 2. The molecule has 1 aromatic rings. The van der Waals surface area contributed by atoms with Crippen LogP contribution >= 0.6 is 11.6 Å². The first-order valence-corrected chi connectivity index (χ1v) is 10.6. The summed E-state index contributed by atoms with van der Waals surface area (Å²) in [6.45, 7) is 8.65. The molecular weight excluding hydrogens is 376 g/mol. The van der Waals surface area contributed by atoms with E-state index in [9.17, 15) is 9.59 Å². The van der Waals surface area contributed by atoms with Gasteiger partial charge >= 0.3 is 6.03 Å². The molecule has 28 heavy (non-hydrogen) atoms. The topological polar surface area (TPSA) is 64.7 Å². The first-order valence-electron chi connectivity index (χ1n) is 10.2. The van der Waals surface area contributed by atoms with Gasteiger partial charge in [-0.15, -0.1) is 0 Å². The summed E-state index contributed by atoms with van der Waals surface area (Å²) in [6, 6.07) is 7.07. The van der Waals surface area contributed by atoms with E-state index < -0.39 is 0 Å². The molecule has 0 bridgehead atoms. The summed E-state index contributed by atoms with van der Waals surface area (Å²) >= 11 is 6.00. The molecule has 4 rings (SSSR count). The van der Waals surface area contributed by atoms with E-state index in [-0.39, 0.29) is 23.4 Å². The van der Waals surface area contributed by atoms with Crippen molar-refractivity contribution in [3.63, 3.8) is 0 Å². The number of nitrogens with zero attached hydrogens (tertiary/aromatic N) is 2. The molecule has 3 saturated heterocycles. The highest BCUT2D eigenvalue weighted by atomic mass is 35.5. The zero-order chi connectivity index (χ0) is 19.9. The summed E-state index contributed by atoms with van der Waals surface area (Å²) < 4.78 is 0. The van der Waals surface area contributed by atoms with Gasteiger partial charge in [0.1, 0.15) is 0 Å². The van der Waals surface area contributed by atoms with E-state index in [0.29, 0.717) is 35.6 Å². The van der Waals surface area contributed by atoms with Gasteiger partial charge in [-0.3, -0.25) is 4.79 Å². The highest BCUT2D eigenvalue weighted by molar-refractivity contribution is 6.30. The van der Waals surface area contributed by atoms with Crippen LogP contribution in [0.5, 0.6) is 0 Å². The summed E-state index contributed by atoms with van der Waals surface area (Å²) in [5.74, 6) is 1.27. The smallest absolute Gasteiger partial charge is 0.321 e. The lowest BCUT2D eigenvalue weighted by atomic mass is 9.75. The molecule has 3 aliphatic rings. The van der Waals surface area contributed by atoms with Gasteiger partial charge in [0.15, 0.2) is 0 Å². The quantitative estimate of drug-likeness (QED) is 0.813. The van der Waals surface area contributed by atoms with Crippen LogP contribution in [0.4, 0.5) is 10.5 Å². The Kier molecular flexibility index (Phi) is 5.27. The standard InChI is InChI=1S/C21H29ClN4O2/c1-14(2)11-25-12-17-18(13-25)21(24-19(17)27)6-8-26(9-7-21)20(28)23-16-5-3-4-15(22)10-16/h3-5,10,14,17-18H,6-9,11-13H2,1-2H3,(H,23,28)(H,24,27)/t17-,18+/m0/s1. The van der Waals surface area contributed by atoms with Gasteiger partial charge in [-0.05, 0) is 37.0 Å². The Bertz CT molecular complexity index is 761. The van der Waals surface area contributed by atoms with Crippen molar-refractivity contribution >= 4 is 29.2 Å². The minimum absolute atomic E-state index is 0.102. The largest absolute Gasteiger partial charge is 0.350 e. The highest BCUT2D eigenvalue weighted by Crippen LogP contribution is 2.44. The van der Waals surface area contributed by atoms with E-state index in [0.717, 1.165) is 32.5 Å². The number of anilines is 1. The Hall–Kier alpha value is -1.79. The first kappa shape index (κ1) is 19.5. The fourth-order valence-corrected chi connectivity index (χ4v) is 5.37. The number of rotatable bonds is 3. The van der Waals surface area contributed by atoms with Crippen molar-refractivity contribution in [1.82, 2.24) is 15.1 Å². The van der Waals surface area contributed by atoms with E-state index in [2.05, 4.69) is 29.4 Å². The highest BCUT2D eigenvalue weighted by Gasteiger charge is 2.57. The molecule has 1 aromatic carbocycles. The van der Waals surface area contributed by atoms with Gasteiger partial charge in [0, 0.05) is 54.9 Å². The number of piperidine rings is 1. The van der Waals surface area contributed by atoms with E-state index >= 15 is 0 Å². The van der Waals surface area contributed by atoms with Crippen molar-refractivity contribution in [2.45, 2.75) is 32.2 Å². The minimum atomic E-state index is -0.152. The zero-order valence-corrected chi connectivity index (χ0v) is 17.3. The number of carbonyl (C=O) groups excluding carboxylic acids is 2. The number of amides is 3. The Morgan fingerprint density at radius 1 is 1.32 bits per heavy atom. The van der Waals surface area contributed by atoms with Crippen LogP contribution in [0.2, 0.25) is 5.02 Å². The molecule has 0 aliphatic carbocycles. The maximum Gasteiger partial charge on any atom is 0.321 e. The predicted octanol–water partition coefficient (Wildman–Crippen LogP) is 3.04. The van der Waals surface area contributed by atoms with Crippen LogP contribution in [0.3, 0.4) is 0 Å². The second-order valence-electron chi connectivity index (χ2n) is 8.90. The fourth-order valence-electron chi connectivity index (χ4n) is 5.18. The van der Waals surface area contributed by atoms with Crippen molar-refractivity contribution in [1.29, 1.82) is 0 Å². The maximum absolute atomic E-state index is 12.6. The molecule has 0 saturated carbocycles. The molecule has 3 amide bonds. The Morgan fingerprint density at radius 3 is 2.75 bits per heavy atom. The Labute approximate surface area is 171 Å². The fraction of sp³-hybridized carbons (Fsp3) is 0.619. The summed E-state index contributed by atoms with van der Waals surface area (Å²) in [6.07, 6.45) is 1.64. The molecule has 0 aromatic heterocycles. The number of hydrogen-bond acceptors (Lipinski definition) is 3. The third-order valence-electron chi connectivity index (χ3n) is 6.46. The van der Waals surface area contributed by atoms with Crippen molar-refractivity contribution in [2.75, 3.05) is 38.0 Å². The molecule has 0 radical (unpaired) electrons. The number of halogens is 1. The average Bonchev–Trinajstić information content (AvgIpc) is 3.15. The number of fused-ring (bicyclic) bond motifs is 2. The number of likely N-dealkylation sites (tertiary alicyclic amines) is 2. The van der Waals surface area contributed by atoms with Gasteiger partial charge in [-0.25, -0.2) is 4.79 Å². The zero-order valence-electron chi connectivity index (χ0n) is 16.6. The van der Waals surface area contributed by atoms with E-state index in [1.54, 1.807) is 12.1 Å². The molecule has 3 fully saturated rings. The molecule has 3 heterocycles. The maximum atomic E-state index is 12.6. The SMILES string of the molecule is CC(C)CN1C[C@@H]2C(=O)NC3(CCN(C(=O)Nc4cccc(Cl)c4)CC3)[C@@H]2C1. The van der Waals surface area contributed by atoms with Crippen LogP contribution in [0, 0.1) is 17.8 Å². The summed E-state index contributed by atoms with van der Waals surface area (Å²) in [5.41, 5.74) is 0.549.